The van der Waals surface area contributed by atoms with Gasteiger partial charge in [0.2, 0.25) is 0 Å². The Morgan fingerprint density at radius 2 is 1.95 bits per heavy atom. The predicted molar refractivity (Wildman–Crippen MR) is 77.8 cm³/mol. The fourth-order valence-corrected chi connectivity index (χ4v) is 2.82. The number of hydrogen-bond acceptors (Lipinski definition) is 3. The Bertz CT molecular complexity index is 462. The predicted octanol–water partition coefficient (Wildman–Crippen LogP) is 2.00. The normalized spacial score (nSPS) is 21.9. The third kappa shape index (κ3) is 3.31. The molecule has 1 aromatic carbocycles. The molecule has 0 radical (unpaired) electrons. The molecule has 108 valence electrons. The van der Waals surface area contributed by atoms with Gasteiger partial charge in [0.1, 0.15) is 5.75 Å². The van der Waals surface area contributed by atoms with Crippen LogP contribution >= 0.6 is 0 Å². The van der Waals surface area contributed by atoms with Crippen molar-refractivity contribution in [3.05, 3.63) is 29.8 Å². The summed E-state index contributed by atoms with van der Waals surface area (Å²) in [5.74, 6) is 0.982. The molecule has 1 unspecified atom stereocenters. The smallest absolute Gasteiger partial charge is 0.253 e. The summed E-state index contributed by atoms with van der Waals surface area (Å²) in [7, 11) is 0. The first kappa shape index (κ1) is 13.4. The first-order valence-electron chi connectivity index (χ1n) is 7.54. The van der Waals surface area contributed by atoms with Gasteiger partial charge < -0.3 is 15.3 Å². The Kier molecular flexibility index (Phi) is 3.92. The molecule has 2 N–H and O–H groups in total. The minimum Gasteiger partial charge on any atom is -0.508 e. The summed E-state index contributed by atoms with van der Waals surface area (Å²) in [6.45, 7) is 2.74. The summed E-state index contributed by atoms with van der Waals surface area (Å²) >= 11 is 0. The molecule has 2 fully saturated rings. The second kappa shape index (κ2) is 5.83. The van der Waals surface area contributed by atoms with E-state index in [4.69, 9.17) is 0 Å². The molecule has 0 bridgehead atoms. The van der Waals surface area contributed by atoms with Gasteiger partial charge in [-0.15, -0.1) is 0 Å². The zero-order valence-electron chi connectivity index (χ0n) is 11.7. The molecule has 1 aromatic rings. The van der Waals surface area contributed by atoms with E-state index in [9.17, 15) is 9.90 Å². The van der Waals surface area contributed by atoms with E-state index in [-0.39, 0.29) is 11.7 Å². The molecule has 0 aromatic heterocycles. The van der Waals surface area contributed by atoms with Crippen LogP contribution in [0.4, 0.5) is 0 Å². The molecule has 1 amide bonds. The Hall–Kier alpha value is -1.55. The minimum atomic E-state index is 0.0885. The van der Waals surface area contributed by atoms with E-state index in [1.165, 1.54) is 19.3 Å². The van der Waals surface area contributed by atoms with Gasteiger partial charge in [0.25, 0.3) is 5.91 Å². The Balaban J connectivity index is 1.69. The van der Waals surface area contributed by atoms with Gasteiger partial charge in [-0.05, 0) is 62.4 Å². The lowest BCUT2D eigenvalue weighted by molar-refractivity contribution is 0.0733. The van der Waals surface area contributed by atoms with Gasteiger partial charge in [0.15, 0.2) is 0 Å². The highest BCUT2D eigenvalue weighted by atomic mass is 16.3. The molecule has 1 saturated carbocycles. The third-order valence-corrected chi connectivity index (χ3v) is 4.18. The number of amides is 1. The quantitative estimate of drug-likeness (QED) is 0.863. The van der Waals surface area contributed by atoms with Crippen molar-refractivity contribution < 1.29 is 9.90 Å². The van der Waals surface area contributed by atoms with Crippen molar-refractivity contribution in [2.24, 2.45) is 5.92 Å². The highest BCUT2D eigenvalue weighted by Gasteiger charge is 2.29. The molecule has 3 rings (SSSR count). The second-order valence-corrected chi connectivity index (χ2v) is 5.99. The van der Waals surface area contributed by atoms with Crippen molar-refractivity contribution in [2.75, 3.05) is 19.6 Å². The fourth-order valence-electron chi connectivity index (χ4n) is 2.82. The van der Waals surface area contributed by atoms with E-state index < -0.39 is 0 Å². The number of phenols is 1. The number of hydrogen-bond donors (Lipinski definition) is 2. The van der Waals surface area contributed by atoms with E-state index >= 15 is 0 Å². The van der Waals surface area contributed by atoms with Gasteiger partial charge in [0, 0.05) is 24.7 Å². The van der Waals surface area contributed by atoms with Crippen LogP contribution in [0, 0.1) is 5.92 Å². The number of rotatable bonds is 5. The van der Waals surface area contributed by atoms with Gasteiger partial charge in [-0.1, -0.05) is 0 Å². The van der Waals surface area contributed by atoms with Crippen LogP contribution in [-0.2, 0) is 0 Å². The van der Waals surface area contributed by atoms with Gasteiger partial charge in [-0.25, -0.2) is 0 Å². The maximum absolute atomic E-state index is 12.6. The molecule has 1 atom stereocenters. The standard InChI is InChI=1S/C16H22N2O2/c19-15-7-5-13(6-8-15)16(20)18(10-12-3-4-12)11-14-2-1-9-17-14/h5-8,12,14,17,19H,1-4,9-11H2. The highest BCUT2D eigenvalue weighted by Crippen LogP contribution is 2.30. The number of phenolic OH excluding ortho intramolecular Hbond substituents is 1. The van der Waals surface area contributed by atoms with E-state index in [1.54, 1.807) is 24.3 Å². The Morgan fingerprint density at radius 3 is 2.55 bits per heavy atom. The lowest BCUT2D eigenvalue weighted by Gasteiger charge is -2.26. The van der Waals surface area contributed by atoms with Gasteiger partial charge in [-0.2, -0.15) is 0 Å². The summed E-state index contributed by atoms with van der Waals surface area (Å²) in [4.78, 5) is 14.6. The Morgan fingerprint density at radius 1 is 1.20 bits per heavy atom. The molecule has 4 heteroatoms. The van der Waals surface area contributed by atoms with Crippen LogP contribution in [-0.4, -0.2) is 41.6 Å². The topological polar surface area (TPSA) is 52.6 Å². The number of aromatic hydroxyl groups is 1. The molecule has 1 heterocycles. The average molecular weight is 274 g/mol. The monoisotopic (exact) mass is 274 g/mol. The number of benzene rings is 1. The summed E-state index contributed by atoms with van der Waals surface area (Å²) < 4.78 is 0. The molecule has 0 spiro atoms. The molecular weight excluding hydrogens is 252 g/mol. The van der Waals surface area contributed by atoms with Gasteiger partial charge in [0.05, 0.1) is 0 Å². The van der Waals surface area contributed by atoms with Crippen molar-refractivity contribution in [3.63, 3.8) is 0 Å². The van der Waals surface area contributed by atoms with Crippen LogP contribution < -0.4 is 5.32 Å². The second-order valence-electron chi connectivity index (χ2n) is 5.99. The van der Waals surface area contributed by atoms with Gasteiger partial charge in [-0.3, -0.25) is 4.79 Å². The van der Waals surface area contributed by atoms with Crippen LogP contribution in [0.3, 0.4) is 0 Å². The van der Waals surface area contributed by atoms with Crippen molar-refractivity contribution in [3.8, 4) is 5.75 Å². The summed E-state index contributed by atoms with van der Waals surface area (Å²) in [5.41, 5.74) is 0.668. The van der Waals surface area contributed by atoms with E-state index in [0.717, 1.165) is 26.1 Å². The first-order valence-corrected chi connectivity index (χ1v) is 7.54. The SMILES string of the molecule is O=C(c1ccc(O)cc1)N(CC1CC1)CC1CCCN1. The zero-order valence-corrected chi connectivity index (χ0v) is 11.7. The number of carbonyl (C=O) groups is 1. The largest absolute Gasteiger partial charge is 0.508 e. The summed E-state index contributed by atoms with van der Waals surface area (Å²) in [6, 6.07) is 7.02. The highest BCUT2D eigenvalue weighted by molar-refractivity contribution is 5.94. The number of carbonyl (C=O) groups excluding carboxylic acids is 1. The van der Waals surface area contributed by atoms with Crippen LogP contribution in [0.5, 0.6) is 5.75 Å². The van der Waals surface area contributed by atoms with E-state index in [1.807, 2.05) is 4.90 Å². The molecule has 1 aliphatic heterocycles. The molecule has 20 heavy (non-hydrogen) atoms. The lowest BCUT2D eigenvalue weighted by atomic mass is 10.1. The average Bonchev–Trinajstić information content (AvgIpc) is 3.12. The number of nitrogens with one attached hydrogen (secondary N) is 1. The van der Waals surface area contributed by atoms with Crippen LogP contribution in [0.25, 0.3) is 0 Å². The van der Waals surface area contributed by atoms with Crippen LogP contribution in [0.1, 0.15) is 36.0 Å². The lowest BCUT2D eigenvalue weighted by Crippen LogP contribution is -2.42. The zero-order chi connectivity index (χ0) is 13.9. The van der Waals surface area contributed by atoms with E-state index in [0.29, 0.717) is 17.5 Å². The Labute approximate surface area is 119 Å². The van der Waals surface area contributed by atoms with Crippen molar-refractivity contribution in [1.29, 1.82) is 0 Å². The van der Waals surface area contributed by atoms with Crippen molar-refractivity contribution in [1.82, 2.24) is 10.2 Å². The maximum Gasteiger partial charge on any atom is 0.253 e. The first-order chi connectivity index (χ1) is 9.72. The molecule has 2 aliphatic rings. The van der Waals surface area contributed by atoms with Gasteiger partial charge >= 0.3 is 0 Å². The van der Waals surface area contributed by atoms with Crippen molar-refractivity contribution in [2.45, 2.75) is 31.7 Å². The summed E-state index contributed by atoms with van der Waals surface area (Å²) in [6.07, 6.45) is 4.86. The molecule has 1 aliphatic carbocycles. The van der Waals surface area contributed by atoms with Crippen molar-refractivity contribution >= 4 is 5.91 Å². The third-order valence-electron chi connectivity index (χ3n) is 4.18. The van der Waals surface area contributed by atoms with E-state index in [2.05, 4.69) is 5.32 Å². The molecule has 1 saturated heterocycles. The minimum absolute atomic E-state index is 0.0885. The molecule has 4 nitrogen and oxygen atoms in total. The van der Waals surface area contributed by atoms with Crippen LogP contribution in [0.15, 0.2) is 24.3 Å². The fraction of sp³-hybridized carbons (Fsp3) is 0.562. The van der Waals surface area contributed by atoms with Crippen LogP contribution in [0.2, 0.25) is 0 Å². The summed E-state index contributed by atoms with van der Waals surface area (Å²) in [5, 5.41) is 12.8. The maximum atomic E-state index is 12.6. The number of nitrogens with zero attached hydrogens (tertiary/aromatic N) is 1. The molecular formula is C16H22N2O2.